The number of benzene rings is 1. The molecule has 0 bridgehead atoms. The van der Waals surface area contributed by atoms with E-state index in [0.29, 0.717) is 5.75 Å². The molecule has 0 aliphatic heterocycles. The van der Waals surface area contributed by atoms with Crippen LogP contribution in [0.15, 0.2) is 33.8 Å². The number of amides is 1. The zero-order valence-corrected chi connectivity index (χ0v) is 12.9. The molecule has 0 unspecified atom stereocenters. The molecule has 0 aromatic heterocycles. The van der Waals surface area contributed by atoms with Crippen molar-refractivity contribution in [2.45, 2.75) is 33.1 Å². The first-order valence-electron chi connectivity index (χ1n) is 6.32. The van der Waals surface area contributed by atoms with Gasteiger partial charge in [0, 0.05) is 10.2 Å². The van der Waals surface area contributed by atoms with E-state index in [0.717, 1.165) is 29.4 Å². The minimum absolute atomic E-state index is 0.0355. The summed E-state index contributed by atoms with van der Waals surface area (Å²) in [4.78, 5) is 11.5. The number of carbonyl (C=O) groups is 1. The molecule has 19 heavy (non-hydrogen) atoms. The van der Waals surface area contributed by atoms with Gasteiger partial charge in [-0.05, 0) is 44.0 Å². The Bertz CT molecular complexity index is 430. The van der Waals surface area contributed by atoms with Gasteiger partial charge in [0.25, 0.3) is 5.91 Å². The van der Waals surface area contributed by atoms with Gasteiger partial charge in [0.15, 0.2) is 6.61 Å². The van der Waals surface area contributed by atoms with E-state index in [1.54, 1.807) is 12.1 Å². The van der Waals surface area contributed by atoms with Crippen LogP contribution in [-0.4, -0.2) is 18.2 Å². The summed E-state index contributed by atoms with van der Waals surface area (Å²) in [5.74, 6) is 0.406. The van der Waals surface area contributed by atoms with E-state index in [-0.39, 0.29) is 12.5 Å². The lowest BCUT2D eigenvalue weighted by atomic mass is 10.2. The van der Waals surface area contributed by atoms with E-state index in [1.165, 1.54) is 0 Å². The smallest absolute Gasteiger partial charge is 0.277 e. The molecule has 1 rings (SSSR count). The predicted octanol–water partition coefficient (Wildman–Crippen LogP) is 3.51. The number of halogens is 1. The van der Waals surface area contributed by atoms with E-state index in [2.05, 4.69) is 33.4 Å². The van der Waals surface area contributed by atoms with Crippen LogP contribution in [0.1, 0.15) is 33.1 Å². The van der Waals surface area contributed by atoms with Gasteiger partial charge in [-0.25, -0.2) is 5.43 Å². The van der Waals surface area contributed by atoms with Crippen molar-refractivity contribution in [2.24, 2.45) is 5.10 Å². The summed E-state index contributed by atoms with van der Waals surface area (Å²) in [5.41, 5.74) is 3.42. The number of hydrogen-bond acceptors (Lipinski definition) is 3. The van der Waals surface area contributed by atoms with Crippen molar-refractivity contribution in [3.05, 3.63) is 28.7 Å². The Morgan fingerprint density at radius 3 is 2.68 bits per heavy atom. The highest BCUT2D eigenvalue weighted by Gasteiger charge is 2.02. The minimum atomic E-state index is -0.251. The molecule has 0 aliphatic rings. The number of hydrazone groups is 1. The van der Waals surface area contributed by atoms with E-state index >= 15 is 0 Å². The summed E-state index contributed by atoms with van der Waals surface area (Å²) in [7, 11) is 0. The SMILES string of the molecule is CCCCC(C)=NNC(=O)COc1ccc(Br)cc1. The molecule has 0 fully saturated rings. The maximum Gasteiger partial charge on any atom is 0.277 e. The highest BCUT2D eigenvalue weighted by molar-refractivity contribution is 9.10. The second-order valence-electron chi connectivity index (χ2n) is 4.23. The topological polar surface area (TPSA) is 50.7 Å². The van der Waals surface area contributed by atoms with E-state index in [9.17, 15) is 4.79 Å². The first-order valence-corrected chi connectivity index (χ1v) is 7.11. The average molecular weight is 327 g/mol. The number of unbranched alkanes of at least 4 members (excludes halogenated alkanes) is 1. The summed E-state index contributed by atoms with van der Waals surface area (Å²) in [6, 6.07) is 7.32. The third kappa shape index (κ3) is 6.96. The average Bonchev–Trinajstić information content (AvgIpc) is 2.42. The molecule has 1 amide bonds. The van der Waals surface area contributed by atoms with Gasteiger partial charge in [-0.15, -0.1) is 0 Å². The zero-order chi connectivity index (χ0) is 14.1. The van der Waals surface area contributed by atoms with Gasteiger partial charge in [0.2, 0.25) is 0 Å². The Kier molecular flexibility index (Phi) is 7.18. The maximum absolute atomic E-state index is 11.5. The number of nitrogens with one attached hydrogen (secondary N) is 1. The Morgan fingerprint density at radius 1 is 1.37 bits per heavy atom. The predicted molar refractivity (Wildman–Crippen MR) is 80.4 cm³/mol. The number of carbonyl (C=O) groups excluding carboxylic acids is 1. The van der Waals surface area contributed by atoms with Crippen LogP contribution in [-0.2, 0) is 4.79 Å². The molecule has 0 spiro atoms. The molecule has 0 aliphatic carbocycles. The van der Waals surface area contributed by atoms with Crippen molar-refractivity contribution in [3.63, 3.8) is 0 Å². The van der Waals surface area contributed by atoms with Crippen LogP contribution in [0.3, 0.4) is 0 Å². The number of hydrogen-bond donors (Lipinski definition) is 1. The molecule has 0 saturated heterocycles. The fraction of sp³-hybridized carbons (Fsp3) is 0.429. The van der Waals surface area contributed by atoms with E-state index in [1.807, 2.05) is 19.1 Å². The standard InChI is InChI=1S/C14H19BrN2O2/c1-3-4-5-11(2)16-17-14(18)10-19-13-8-6-12(15)7-9-13/h6-9H,3-5,10H2,1-2H3,(H,17,18). The first kappa shape index (κ1) is 15.7. The van der Waals surface area contributed by atoms with Crippen LogP contribution in [0.2, 0.25) is 0 Å². The maximum atomic E-state index is 11.5. The molecule has 1 aromatic carbocycles. The first-order chi connectivity index (χ1) is 9.11. The largest absolute Gasteiger partial charge is 0.484 e. The lowest BCUT2D eigenvalue weighted by molar-refractivity contribution is -0.123. The molecular weight excluding hydrogens is 308 g/mol. The third-order valence-corrected chi connectivity index (χ3v) is 2.98. The second kappa shape index (κ2) is 8.69. The van der Waals surface area contributed by atoms with Gasteiger partial charge in [0.05, 0.1) is 0 Å². The fourth-order valence-electron chi connectivity index (χ4n) is 1.36. The summed E-state index contributed by atoms with van der Waals surface area (Å²) < 4.78 is 6.31. The summed E-state index contributed by atoms with van der Waals surface area (Å²) in [6.07, 6.45) is 3.11. The molecule has 1 aromatic rings. The monoisotopic (exact) mass is 326 g/mol. The molecule has 0 atom stereocenters. The van der Waals surface area contributed by atoms with Crippen LogP contribution in [0, 0.1) is 0 Å². The van der Waals surface area contributed by atoms with Crippen LogP contribution < -0.4 is 10.2 Å². The van der Waals surface area contributed by atoms with Gasteiger partial charge in [-0.2, -0.15) is 5.10 Å². The normalized spacial score (nSPS) is 11.2. The van der Waals surface area contributed by atoms with Crippen LogP contribution in [0.4, 0.5) is 0 Å². The Labute approximate surface area is 122 Å². The Balaban J connectivity index is 2.29. The van der Waals surface area contributed by atoms with Crippen molar-refractivity contribution >= 4 is 27.5 Å². The summed E-state index contributed by atoms with van der Waals surface area (Å²) in [5, 5.41) is 4.02. The molecule has 4 nitrogen and oxygen atoms in total. The molecular formula is C14H19BrN2O2. The second-order valence-corrected chi connectivity index (χ2v) is 5.14. The van der Waals surface area contributed by atoms with E-state index in [4.69, 9.17) is 4.74 Å². The minimum Gasteiger partial charge on any atom is -0.484 e. The molecule has 104 valence electrons. The van der Waals surface area contributed by atoms with Crippen molar-refractivity contribution in [3.8, 4) is 5.75 Å². The highest BCUT2D eigenvalue weighted by atomic mass is 79.9. The molecule has 0 heterocycles. The molecule has 0 saturated carbocycles. The zero-order valence-electron chi connectivity index (χ0n) is 11.3. The third-order valence-electron chi connectivity index (χ3n) is 2.45. The van der Waals surface area contributed by atoms with Gasteiger partial charge < -0.3 is 4.74 Å². The highest BCUT2D eigenvalue weighted by Crippen LogP contribution is 2.15. The van der Waals surface area contributed by atoms with Gasteiger partial charge in [0.1, 0.15) is 5.75 Å². The van der Waals surface area contributed by atoms with Crippen molar-refractivity contribution in [1.82, 2.24) is 5.43 Å². The number of nitrogens with zero attached hydrogens (tertiary/aromatic N) is 1. The number of rotatable bonds is 7. The summed E-state index contributed by atoms with van der Waals surface area (Å²) in [6.45, 7) is 4.00. The van der Waals surface area contributed by atoms with Crippen molar-refractivity contribution < 1.29 is 9.53 Å². The molecule has 0 radical (unpaired) electrons. The van der Waals surface area contributed by atoms with Crippen LogP contribution in [0.5, 0.6) is 5.75 Å². The van der Waals surface area contributed by atoms with Gasteiger partial charge in [-0.1, -0.05) is 29.3 Å². The van der Waals surface area contributed by atoms with Crippen LogP contribution in [0.25, 0.3) is 0 Å². The number of ether oxygens (including phenoxy) is 1. The summed E-state index contributed by atoms with van der Waals surface area (Å²) >= 11 is 3.33. The molecule has 1 N–H and O–H groups in total. The van der Waals surface area contributed by atoms with Gasteiger partial charge >= 0.3 is 0 Å². The van der Waals surface area contributed by atoms with Crippen molar-refractivity contribution in [1.29, 1.82) is 0 Å². The van der Waals surface area contributed by atoms with Crippen molar-refractivity contribution in [2.75, 3.05) is 6.61 Å². The lowest BCUT2D eigenvalue weighted by Gasteiger charge is -2.05. The Hall–Kier alpha value is -1.36. The fourth-order valence-corrected chi connectivity index (χ4v) is 1.62. The van der Waals surface area contributed by atoms with Crippen LogP contribution >= 0.6 is 15.9 Å². The Morgan fingerprint density at radius 2 is 2.05 bits per heavy atom. The quantitative estimate of drug-likeness (QED) is 0.615. The van der Waals surface area contributed by atoms with Gasteiger partial charge in [-0.3, -0.25) is 4.79 Å². The lowest BCUT2D eigenvalue weighted by Crippen LogP contribution is -2.25. The molecule has 5 heteroatoms. The van der Waals surface area contributed by atoms with E-state index < -0.39 is 0 Å².